The van der Waals surface area contributed by atoms with Gasteiger partial charge in [-0.3, -0.25) is 0 Å². The number of benzene rings is 1. The lowest BCUT2D eigenvalue weighted by molar-refractivity contribution is 0.0271. The fourth-order valence-electron chi connectivity index (χ4n) is 2.54. The Balaban J connectivity index is 1.52. The summed E-state index contributed by atoms with van der Waals surface area (Å²) >= 11 is 1.74. The van der Waals surface area contributed by atoms with Gasteiger partial charge in [-0.15, -0.1) is 5.10 Å². The minimum atomic E-state index is 0.118. The van der Waals surface area contributed by atoms with Crippen molar-refractivity contribution in [3.05, 3.63) is 36.7 Å². The van der Waals surface area contributed by atoms with E-state index in [0.717, 1.165) is 36.9 Å². The zero-order chi connectivity index (χ0) is 14.1. The number of hydrogen-bond acceptors (Lipinski definition) is 6. The van der Waals surface area contributed by atoms with Gasteiger partial charge in [0.25, 0.3) is 0 Å². The van der Waals surface area contributed by atoms with Crippen LogP contribution in [0.5, 0.6) is 0 Å². The van der Waals surface area contributed by atoms with Gasteiger partial charge in [0.05, 0.1) is 35.7 Å². The maximum absolute atomic E-state index is 5.82. The summed E-state index contributed by atoms with van der Waals surface area (Å²) < 4.78 is 8.86. The topological polar surface area (TPSA) is 56.1 Å². The molecule has 1 atom stereocenters. The van der Waals surface area contributed by atoms with Crippen LogP contribution in [-0.4, -0.2) is 45.8 Å². The van der Waals surface area contributed by atoms with Crippen molar-refractivity contribution in [1.82, 2.24) is 20.0 Å². The highest BCUT2D eigenvalue weighted by Crippen LogP contribution is 2.29. The molecular weight excluding hydrogens is 286 g/mol. The first kappa shape index (κ1) is 12.7. The van der Waals surface area contributed by atoms with Crippen LogP contribution in [0, 0.1) is 0 Å². The maximum atomic E-state index is 5.82. The summed E-state index contributed by atoms with van der Waals surface area (Å²) in [6, 6.07) is 8.25. The highest BCUT2D eigenvalue weighted by atomic mass is 32.1. The van der Waals surface area contributed by atoms with Crippen molar-refractivity contribution >= 4 is 26.7 Å². The first-order valence-electron chi connectivity index (χ1n) is 6.95. The smallest absolute Gasteiger partial charge is 0.186 e. The third kappa shape index (κ3) is 2.62. The molecule has 1 saturated heterocycles. The van der Waals surface area contributed by atoms with Crippen LogP contribution in [0.25, 0.3) is 10.2 Å². The lowest BCUT2D eigenvalue weighted by Gasteiger charge is -2.32. The molecule has 21 heavy (non-hydrogen) atoms. The Morgan fingerprint density at radius 2 is 2.29 bits per heavy atom. The van der Waals surface area contributed by atoms with Gasteiger partial charge in [0, 0.05) is 19.3 Å². The number of aromatic nitrogens is 4. The predicted octanol–water partition coefficient (Wildman–Crippen LogP) is 1.79. The molecule has 1 aromatic carbocycles. The van der Waals surface area contributed by atoms with Crippen LogP contribution in [0.15, 0.2) is 36.7 Å². The van der Waals surface area contributed by atoms with Crippen LogP contribution in [0.4, 0.5) is 5.13 Å². The molecule has 2 aromatic heterocycles. The molecule has 0 bridgehead atoms. The second kappa shape index (κ2) is 5.42. The number of hydrogen-bond donors (Lipinski definition) is 0. The average molecular weight is 301 g/mol. The lowest BCUT2D eigenvalue weighted by atomic mass is 10.3. The quantitative estimate of drug-likeness (QED) is 0.738. The third-order valence-corrected chi connectivity index (χ3v) is 4.65. The minimum Gasteiger partial charge on any atom is -0.373 e. The van der Waals surface area contributed by atoms with Crippen LogP contribution in [0.3, 0.4) is 0 Å². The van der Waals surface area contributed by atoms with E-state index in [1.165, 1.54) is 4.70 Å². The zero-order valence-corrected chi connectivity index (χ0v) is 12.2. The normalized spacial score (nSPS) is 19.2. The summed E-state index contributed by atoms with van der Waals surface area (Å²) in [5.41, 5.74) is 1.07. The van der Waals surface area contributed by atoms with Crippen LogP contribution < -0.4 is 4.90 Å². The van der Waals surface area contributed by atoms with Gasteiger partial charge < -0.3 is 9.64 Å². The van der Waals surface area contributed by atoms with E-state index in [1.807, 2.05) is 16.9 Å². The molecule has 0 aliphatic carbocycles. The molecule has 1 unspecified atom stereocenters. The summed E-state index contributed by atoms with van der Waals surface area (Å²) in [5.74, 6) is 0. The molecule has 0 spiro atoms. The van der Waals surface area contributed by atoms with Crippen LogP contribution in [0.1, 0.15) is 0 Å². The Hall–Kier alpha value is -1.99. The molecule has 1 aliphatic rings. The van der Waals surface area contributed by atoms with E-state index in [4.69, 9.17) is 9.72 Å². The number of fused-ring (bicyclic) bond motifs is 1. The molecule has 6 nitrogen and oxygen atoms in total. The van der Waals surface area contributed by atoms with E-state index in [1.54, 1.807) is 17.5 Å². The number of thiazole rings is 1. The Morgan fingerprint density at radius 1 is 1.33 bits per heavy atom. The van der Waals surface area contributed by atoms with Crippen LogP contribution in [0.2, 0.25) is 0 Å². The highest BCUT2D eigenvalue weighted by Gasteiger charge is 2.23. The van der Waals surface area contributed by atoms with Gasteiger partial charge in [-0.1, -0.05) is 28.7 Å². The van der Waals surface area contributed by atoms with Gasteiger partial charge in [0.1, 0.15) is 0 Å². The Morgan fingerprint density at radius 3 is 3.14 bits per heavy atom. The fraction of sp³-hybridized carbons (Fsp3) is 0.357. The number of rotatable bonds is 3. The third-order valence-electron chi connectivity index (χ3n) is 3.55. The molecular formula is C14H15N5OS. The second-order valence-corrected chi connectivity index (χ2v) is 6.04. The Bertz CT molecular complexity index is 693. The largest absolute Gasteiger partial charge is 0.373 e. The summed E-state index contributed by atoms with van der Waals surface area (Å²) in [4.78, 5) is 7.02. The molecule has 0 radical (unpaired) electrons. The fourth-order valence-corrected chi connectivity index (χ4v) is 3.54. The zero-order valence-electron chi connectivity index (χ0n) is 11.4. The van der Waals surface area contributed by atoms with Crippen molar-refractivity contribution in [2.75, 3.05) is 24.6 Å². The van der Waals surface area contributed by atoms with E-state index < -0.39 is 0 Å². The summed E-state index contributed by atoms with van der Waals surface area (Å²) in [5, 5.41) is 8.90. The lowest BCUT2D eigenvalue weighted by Crippen LogP contribution is -2.44. The van der Waals surface area contributed by atoms with Crippen molar-refractivity contribution in [2.45, 2.75) is 12.6 Å². The molecule has 1 fully saturated rings. The van der Waals surface area contributed by atoms with Gasteiger partial charge >= 0.3 is 0 Å². The SMILES string of the molecule is c1ccc2sc(N3CCOC(Cn4ccnn4)C3)nc2c1. The monoisotopic (exact) mass is 301 g/mol. The number of nitrogens with zero attached hydrogens (tertiary/aromatic N) is 5. The van der Waals surface area contributed by atoms with Crippen molar-refractivity contribution in [3.63, 3.8) is 0 Å². The summed E-state index contributed by atoms with van der Waals surface area (Å²) in [6.07, 6.45) is 3.67. The molecule has 4 rings (SSSR count). The molecule has 3 aromatic rings. The Kier molecular flexibility index (Phi) is 3.28. The van der Waals surface area contributed by atoms with Crippen LogP contribution in [-0.2, 0) is 11.3 Å². The van der Waals surface area contributed by atoms with E-state index in [0.29, 0.717) is 0 Å². The van der Waals surface area contributed by atoms with Crippen molar-refractivity contribution < 1.29 is 4.74 Å². The molecule has 0 amide bonds. The average Bonchev–Trinajstić information content (AvgIpc) is 3.16. The second-order valence-electron chi connectivity index (χ2n) is 5.03. The van der Waals surface area contributed by atoms with Gasteiger partial charge in [0.2, 0.25) is 0 Å². The Labute approximate surface area is 126 Å². The first-order chi connectivity index (χ1) is 10.4. The van der Waals surface area contributed by atoms with Crippen molar-refractivity contribution in [1.29, 1.82) is 0 Å². The number of para-hydroxylation sites is 1. The molecule has 0 saturated carbocycles. The maximum Gasteiger partial charge on any atom is 0.186 e. The highest BCUT2D eigenvalue weighted by molar-refractivity contribution is 7.22. The number of anilines is 1. The molecule has 0 N–H and O–H groups in total. The van der Waals surface area contributed by atoms with E-state index >= 15 is 0 Å². The van der Waals surface area contributed by atoms with Crippen molar-refractivity contribution in [3.8, 4) is 0 Å². The predicted molar refractivity (Wildman–Crippen MR) is 81.6 cm³/mol. The molecule has 108 valence electrons. The van der Waals surface area contributed by atoms with E-state index in [2.05, 4.69) is 33.4 Å². The van der Waals surface area contributed by atoms with Gasteiger partial charge in [-0.05, 0) is 12.1 Å². The van der Waals surface area contributed by atoms with E-state index in [9.17, 15) is 0 Å². The van der Waals surface area contributed by atoms with Gasteiger partial charge in [-0.2, -0.15) is 0 Å². The summed E-state index contributed by atoms with van der Waals surface area (Å²) in [7, 11) is 0. The van der Waals surface area contributed by atoms with Gasteiger partial charge in [0.15, 0.2) is 5.13 Å². The number of ether oxygens (including phenoxy) is 1. The molecule has 1 aliphatic heterocycles. The van der Waals surface area contributed by atoms with Gasteiger partial charge in [-0.25, -0.2) is 9.67 Å². The van der Waals surface area contributed by atoms with Crippen molar-refractivity contribution in [2.24, 2.45) is 0 Å². The first-order valence-corrected chi connectivity index (χ1v) is 7.76. The molecule has 3 heterocycles. The number of morpholine rings is 1. The molecule has 7 heteroatoms. The summed E-state index contributed by atoms with van der Waals surface area (Å²) in [6.45, 7) is 3.16. The standard InChI is InChI=1S/C14H15N5OS/c1-2-4-13-12(3-1)16-14(21-13)18-7-8-20-11(9-18)10-19-6-5-15-17-19/h1-6,11H,7-10H2. The van der Waals surface area contributed by atoms with E-state index in [-0.39, 0.29) is 6.10 Å². The minimum absolute atomic E-state index is 0.118. The van der Waals surface area contributed by atoms with Crippen LogP contribution >= 0.6 is 11.3 Å².